The third-order valence-corrected chi connectivity index (χ3v) is 5.47. The Kier molecular flexibility index (Phi) is 4.71. The molecule has 144 valence electrons. The second kappa shape index (κ2) is 7.03. The average molecular weight is 374 g/mol. The maximum atomic E-state index is 13.9. The summed E-state index contributed by atoms with van der Waals surface area (Å²) in [7, 11) is 0. The first-order valence-corrected chi connectivity index (χ1v) is 9.16. The van der Waals surface area contributed by atoms with Gasteiger partial charge in [-0.05, 0) is 44.4 Å². The SMILES string of the molecule is Cc1ccc(C2CC(C(=O)N3CCC(O)(c4cccnc4F)CC3)NN2)o1. The molecule has 2 aliphatic rings. The van der Waals surface area contributed by atoms with E-state index in [1.54, 1.807) is 17.0 Å². The van der Waals surface area contributed by atoms with E-state index in [9.17, 15) is 14.3 Å². The lowest BCUT2D eigenvalue weighted by Gasteiger charge is -2.39. The van der Waals surface area contributed by atoms with Gasteiger partial charge in [-0.2, -0.15) is 4.39 Å². The molecule has 2 unspecified atom stereocenters. The molecule has 0 aliphatic carbocycles. The molecular formula is C19H23FN4O3. The number of nitrogens with zero attached hydrogens (tertiary/aromatic N) is 2. The zero-order chi connectivity index (χ0) is 19.0. The number of amides is 1. The second-order valence-corrected chi connectivity index (χ2v) is 7.28. The van der Waals surface area contributed by atoms with Crippen LogP contribution in [-0.2, 0) is 10.4 Å². The van der Waals surface area contributed by atoms with Crippen LogP contribution in [-0.4, -0.2) is 40.0 Å². The molecule has 3 N–H and O–H groups in total. The van der Waals surface area contributed by atoms with E-state index >= 15 is 0 Å². The molecule has 0 radical (unpaired) electrons. The van der Waals surface area contributed by atoms with E-state index < -0.39 is 11.5 Å². The molecule has 4 heterocycles. The lowest BCUT2D eigenvalue weighted by molar-refractivity contribution is -0.137. The van der Waals surface area contributed by atoms with Gasteiger partial charge in [0.2, 0.25) is 11.9 Å². The average Bonchev–Trinajstić information content (AvgIpc) is 3.31. The number of rotatable bonds is 3. The Morgan fingerprint density at radius 2 is 2.11 bits per heavy atom. The monoisotopic (exact) mass is 374 g/mol. The van der Waals surface area contributed by atoms with E-state index in [1.807, 2.05) is 19.1 Å². The number of pyridine rings is 1. The van der Waals surface area contributed by atoms with E-state index in [0.717, 1.165) is 11.5 Å². The van der Waals surface area contributed by atoms with Crippen molar-refractivity contribution >= 4 is 5.91 Å². The standard InChI is InChI=1S/C19H23FN4O3/c1-12-4-5-16(27-12)14-11-15(23-22-14)18(25)24-9-6-19(26,7-10-24)13-3-2-8-21-17(13)20/h2-5,8,14-15,22-23,26H,6-7,9-11H2,1H3. The summed E-state index contributed by atoms with van der Waals surface area (Å²) in [6, 6.07) is 6.55. The first-order valence-electron chi connectivity index (χ1n) is 9.16. The van der Waals surface area contributed by atoms with Crippen molar-refractivity contribution in [3.8, 4) is 0 Å². The third kappa shape index (κ3) is 3.47. The number of carbonyl (C=O) groups excluding carboxylic acids is 1. The number of hydrogen-bond acceptors (Lipinski definition) is 6. The van der Waals surface area contributed by atoms with Crippen molar-refractivity contribution in [3.05, 3.63) is 53.5 Å². The van der Waals surface area contributed by atoms with E-state index in [-0.39, 0.29) is 36.4 Å². The number of aryl methyl sites for hydroxylation is 1. The molecule has 7 nitrogen and oxygen atoms in total. The number of likely N-dealkylation sites (tertiary alicyclic amines) is 1. The van der Waals surface area contributed by atoms with Crippen LogP contribution in [0.15, 0.2) is 34.9 Å². The lowest BCUT2D eigenvalue weighted by Crippen LogP contribution is -2.51. The molecule has 0 saturated carbocycles. The van der Waals surface area contributed by atoms with Gasteiger partial charge in [0.1, 0.15) is 17.6 Å². The maximum absolute atomic E-state index is 13.9. The van der Waals surface area contributed by atoms with Crippen LogP contribution >= 0.6 is 0 Å². The maximum Gasteiger partial charge on any atom is 0.241 e. The number of carbonyl (C=O) groups is 1. The van der Waals surface area contributed by atoms with Gasteiger partial charge in [0.25, 0.3) is 0 Å². The molecule has 2 aromatic heterocycles. The van der Waals surface area contributed by atoms with Crippen LogP contribution in [0.1, 0.15) is 42.4 Å². The van der Waals surface area contributed by atoms with Crippen LogP contribution in [0.3, 0.4) is 0 Å². The predicted molar refractivity (Wildman–Crippen MR) is 94.8 cm³/mol. The molecule has 8 heteroatoms. The van der Waals surface area contributed by atoms with Gasteiger partial charge in [-0.25, -0.2) is 15.8 Å². The van der Waals surface area contributed by atoms with Gasteiger partial charge in [-0.3, -0.25) is 4.79 Å². The summed E-state index contributed by atoms with van der Waals surface area (Å²) in [4.78, 5) is 18.2. The molecule has 2 aliphatic heterocycles. The number of halogens is 1. The van der Waals surface area contributed by atoms with Crippen LogP contribution in [0.25, 0.3) is 0 Å². The van der Waals surface area contributed by atoms with Gasteiger partial charge in [0.05, 0.1) is 11.6 Å². The molecule has 0 spiro atoms. The third-order valence-electron chi connectivity index (χ3n) is 5.47. The van der Waals surface area contributed by atoms with Crippen molar-refractivity contribution < 1.29 is 18.7 Å². The Hall–Kier alpha value is -2.29. The number of piperidine rings is 1. The Morgan fingerprint density at radius 1 is 1.33 bits per heavy atom. The molecule has 0 bridgehead atoms. The zero-order valence-corrected chi connectivity index (χ0v) is 15.1. The topological polar surface area (TPSA) is 90.6 Å². The van der Waals surface area contributed by atoms with Crippen LogP contribution in [0, 0.1) is 12.9 Å². The largest absolute Gasteiger partial charge is 0.465 e. The normalized spacial score (nSPS) is 24.9. The highest BCUT2D eigenvalue weighted by Gasteiger charge is 2.40. The summed E-state index contributed by atoms with van der Waals surface area (Å²) in [5, 5.41) is 10.8. The lowest BCUT2D eigenvalue weighted by atomic mass is 9.85. The van der Waals surface area contributed by atoms with E-state index in [2.05, 4.69) is 15.8 Å². The summed E-state index contributed by atoms with van der Waals surface area (Å²) in [5.41, 5.74) is 5.06. The molecule has 27 heavy (non-hydrogen) atoms. The summed E-state index contributed by atoms with van der Waals surface area (Å²) in [6.07, 6.45) is 2.50. The molecule has 2 fully saturated rings. The fourth-order valence-corrected chi connectivity index (χ4v) is 3.87. The van der Waals surface area contributed by atoms with E-state index in [4.69, 9.17) is 4.42 Å². The summed E-state index contributed by atoms with van der Waals surface area (Å²) in [5.74, 6) is 0.954. The number of furan rings is 1. The van der Waals surface area contributed by atoms with Crippen molar-refractivity contribution in [1.29, 1.82) is 0 Å². The Morgan fingerprint density at radius 3 is 2.78 bits per heavy atom. The molecule has 4 rings (SSSR count). The van der Waals surface area contributed by atoms with Crippen molar-refractivity contribution in [2.24, 2.45) is 0 Å². The fourth-order valence-electron chi connectivity index (χ4n) is 3.87. The molecule has 2 aromatic rings. The van der Waals surface area contributed by atoms with Gasteiger partial charge in [0.15, 0.2) is 0 Å². The molecule has 0 aromatic carbocycles. The number of aromatic nitrogens is 1. The first kappa shape index (κ1) is 18.1. The molecule has 2 saturated heterocycles. The number of hydrogen-bond donors (Lipinski definition) is 3. The van der Waals surface area contributed by atoms with Crippen molar-refractivity contribution in [3.63, 3.8) is 0 Å². The quantitative estimate of drug-likeness (QED) is 0.706. The molecule has 1 amide bonds. The van der Waals surface area contributed by atoms with E-state index in [1.165, 1.54) is 6.20 Å². The van der Waals surface area contributed by atoms with E-state index in [0.29, 0.717) is 19.5 Å². The van der Waals surface area contributed by atoms with Crippen LogP contribution in [0.5, 0.6) is 0 Å². The summed E-state index contributed by atoms with van der Waals surface area (Å²) in [6.45, 7) is 2.62. The van der Waals surface area contributed by atoms with Gasteiger partial charge >= 0.3 is 0 Å². The summed E-state index contributed by atoms with van der Waals surface area (Å²) < 4.78 is 19.6. The van der Waals surface area contributed by atoms with Gasteiger partial charge in [-0.1, -0.05) is 6.07 Å². The Balaban J connectivity index is 1.37. The van der Waals surface area contributed by atoms with Gasteiger partial charge < -0.3 is 14.4 Å². The fraction of sp³-hybridized carbons (Fsp3) is 0.474. The number of aliphatic hydroxyl groups is 1. The number of hydrazine groups is 1. The van der Waals surface area contributed by atoms with Gasteiger partial charge in [0, 0.05) is 24.8 Å². The Labute approximate surface area is 156 Å². The zero-order valence-electron chi connectivity index (χ0n) is 15.1. The van der Waals surface area contributed by atoms with Crippen LogP contribution in [0.4, 0.5) is 4.39 Å². The summed E-state index contributed by atoms with van der Waals surface area (Å²) >= 11 is 0. The highest BCUT2D eigenvalue weighted by atomic mass is 19.1. The smallest absolute Gasteiger partial charge is 0.241 e. The van der Waals surface area contributed by atoms with Gasteiger partial charge in [-0.15, -0.1) is 0 Å². The number of nitrogens with one attached hydrogen (secondary N) is 2. The molecular weight excluding hydrogens is 351 g/mol. The predicted octanol–water partition coefficient (Wildman–Crippen LogP) is 1.54. The van der Waals surface area contributed by atoms with Crippen molar-refractivity contribution in [1.82, 2.24) is 20.7 Å². The molecule has 2 atom stereocenters. The minimum absolute atomic E-state index is 0.0259. The second-order valence-electron chi connectivity index (χ2n) is 7.28. The minimum atomic E-state index is -1.29. The van der Waals surface area contributed by atoms with Crippen LogP contribution in [0.2, 0.25) is 0 Å². The van der Waals surface area contributed by atoms with Crippen molar-refractivity contribution in [2.45, 2.75) is 43.9 Å². The van der Waals surface area contributed by atoms with Crippen LogP contribution < -0.4 is 10.9 Å². The highest BCUT2D eigenvalue weighted by molar-refractivity contribution is 5.82. The van der Waals surface area contributed by atoms with Crippen molar-refractivity contribution in [2.75, 3.05) is 13.1 Å². The minimum Gasteiger partial charge on any atom is -0.465 e. The Bertz CT molecular complexity index is 832. The first-order chi connectivity index (χ1) is 13.0. The highest BCUT2D eigenvalue weighted by Crippen LogP contribution is 2.34.